The van der Waals surface area contributed by atoms with E-state index in [4.69, 9.17) is 0 Å². The van der Waals surface area contributed by atoms with Crippen LogP contribution in [0.2, 0.25) is 0 Å². The van der Waals surface area contributed by atoms with Crippen LogP contribution in [0.1, 0.15) is 12.7 Å². The summed E-state index contributed by atoms with van der Waals surface area (Å²) in [4.78, 5) is 6.86. The Morgan fingerprint density at radius 3 is 2.81 bits per heavy atom. The molecule has 16 heavy (non-hydrogen) atoms. The van der Waals surface area contributed by atoms with Crippen molar-refractivity contribution in [2.45, 2.75) is 20.0 Å². The van der Waals surface area contributed by atoms with Crippen LogP contribution in [0.5, 0.6) is 0 Å². The Hall–Kier alpha value is -0.940. The van der Waals surface area contributed by atoms with Gasteiger partial charge in [-0.15, -0.1) is 0 Å². The lowest BCUT2D eigenvalue weighted by molar-refractivity contribution is 0.291. The predicted molar refractivity (Wildman–Crippen MR) is 60.8 cm³/mol. The lowest BCUT2D eigenvalue weighted by Gasteiger charge is -2.16. The van der Waals surface area contributed by atoms with Crippen molar-refractivity contribution in [2.75, 3.05) is 26.2 Å². The minimum Gasteiger partial charge on any atom is -0.316 e. The zero-order valence-electron chi connectivity index (χ0n) is 9.76. The van der Waals surface area contributed by atoms with Crippen LogP contribution >= 0.6 is 0 Å². The monoisotopic (exact) mass is 221 g/mol. The van der Waals surface area contributed by atoms with Gasteiger partial charge in [0.1, 0.15) is 12.2 Å². The van der Waals surface area contributed by atoms with Gasteiger partial charge in [0.05, 0.1) is 6.54 Å². The minimum absolute atomic E-state index is 0.859. The first-order chi connectivity index (χ1) is 7.86. The van der Waals surface area contributed by atoms with Gasteiger partial charge in [0.25, 0.3) is 0 Å². The van der Waals surface area contributed by atoms with E-state index in [0.717, 1.165) is 30.7 Å². The molecule has 3 heterocycles. The molecular formula is C11H19N5. The first-order valence-corrected chi connectivity index (χ1v) is 6.16. The number of hydrogen-bond donors (Lipinski definition) is 1. The average molecular weight is 221 g/mol. The van der Waals surface area contributed by atoms with Crippen molar-refractivity contribution in [2.24, 2.45) is 11.8 Å². The van der Waals surface area contributed by atoms with Gasteiger partial charge in [-0.25, -0.2) is 9.67 Å². The third-order valence-electron chi connectivity index (χ3n) is 3.83. The number of nitrogens with zero attached hydrogens (tertiary/aromatic N) is 4. The van der Waals surface area contributed by atoms with Crippen molar-refractivity contribution in [1.82, 2.24) is 25.0 Å². The number of likely N-dealkylation sites (tertiary alicyclic amines) is 1. The van der Waals surface area contributed by atoms with Crippen LogP contribution in [0.15, 0.2) is 6.33 Å². The Balaban J connectivity index is 1.64. The molecule has 2 aliphatic rings. The molecule has 0 bridgehead atoms. The number of hydrogen-bond acceptors (Lipinski definition) is 4. The Morgan fingerprint density at radius 1 is 1.38 bits per heavy atom. The zero-order chi connectivity index (χ0) is 11.0. The summed E-state index contributed by atoms with van der Waals surface area (Å²) >= 11 is 0. The third kappa shape index (κ3) is 1.74. The summed E-state index contributed by atoms with van der Waals surface area (Å²) in [6, 6.07) is 0. The molecule has 5 heteroatoms. The van der Waals surface area contributed by atoms with Gasteiger partial charge in [-0.3, -0.25) is 4.90 Å². The SMILES string of the molecule is CCn1ncnc1CN1C[C@H]2CNC[C@H]2C1. The van der Waals surface area contributed by atoms with Gasteiger partial charge < -0.3 is 5.32 Å². The van der Waals surface area contributed by atoms with Crippen LogP contribution in [-0.4, -0.2) is 45.8 Å². The molecule has 2 aliphatic heterocycles. The third-order valence-corrected chi connectivity index (χ3v) is 3.83. The van der Waals surface area contributed by atoms with Gasteiger partial charge in [0.15, 0.2) is 0 Å². The summed E-state index contributed by atoms with van der Waals surface area (Å²) < 4.78 is 1.99. The molecule has 0 aliphatic carbocycles. The maximum Gasteiger partial charge on any atom is 0.140 e. The number of aromatic nitrogens is 3. The lowest BCUT2D eigenvalue weighted by atomic mass is 10.0. The van der Waals surface area contributed by atoms with Crippen molar-refractivity contribution < 1.29 is 0 Å². The van der Waals surface area contributed by atoms with Crippen molar-refractivity contribution in [1.29, 1.82) is 0 Å². The van der Waals surface area contributed by atoms with E-state index in [2.05, 4.69) is 27.2 Å². The average Bonchev–Trinajstić information content (AvgIpc) is 2.92. The largest absolute Gasteiger partial charge is 0.316 e. The topological polar surface area (TPSA) is 46.0 Å². The van der Waals surface area contributed by atoms with E-state index in [1.807, 2.05) is 4.68 Å². The van der Waals surface area contributed by atoms with Crippen LogP contribution in [0, 0.1) is 11.8 Å². The second-order valence-corrected chi connectivity index (χ2v) is 4.86. The highest BCUT2D eigenvalue weighted by molar-refractivity contribution is 4.94. The van der Waals surface area contributed by atoms with E-state index >= 15 is 0 Å². The van der Waals surface area contributed by atoms with Gasteiger partial charge in [-0.1, -0.05) is 0 Å². The molecule has 1 aromatic rings. The summed E-state index contributed by atoms with van der Waals surface area (Å²) in [5, 5.41) is 7.68. The number of aryl methyl sites for hydroxylation is 1. The summed E-state index contributed by atoms with van der Waals surface area (Å²) in [7, 11) is 0. The Morgan fingerprint density at radius 2 is 2.12 bits per heavy atom. The number of nitrogens with one attached hydrogen (secondary N) is 1. The highest BCUT2D eigenvalue weighted by Gasteiger charge is 2.36. The number of rotatable bonds is 3. The molecule has 3 rings (SSSR count). The van der Waals surface area contributed by atoms with E-state index in [1.54, 1.807) is 6.33 Å². The molecule has 2 fully saturated rings. The van der Waals surface area contributed by atoms with E-state index in [0.29, 0.717) is 0 Å². The van der Waals surface area contributed by atoms with Gasteiger partial charge in [-0.05, 0) is 31.8 Å². The molecule has 0 amide bonds. The summed E-state index contributed by atoms with van der Waals surface area (Å²) in [5.74, 6) is 2.83. The van der Waals surface area contributed by atoms with Crippen LogP contribution in [0.4, 0.5) is 0 Å². The fourth-order valence-corrected chi connectivity index (χ4v) is 2.96. The minimum atomic E-state index is 0.859. The van der Waals surface area contributed by atoms with E-state index in [-0.39, 0.29) is 0 Å². The first-order valence-electron chi connectivity index (χ1n) is 6.16. The second kappa shape index (κ2) is 4.14. The van der Waals surface area contributed by atoms with Gasteiger partial charge in [0.2, 0.25) is 0 Å². The Bertz CT molecular complexity index is 349. The van der Waals surface area contributed by atoms with Gasteiger partial charge >= 0.3 is 0 Å². The molecule has 0 spiro atoms. The second-order valence-electron chi connectivity index (χ2n) is 4.86. The summed E-state index contributed by atoms with van der Waals surface area (Å²) in [6.45, 7) is 8.81. The van der Waals surface area contributed by atoms with Gasteiger partial charge in [0, 0.05) is 19.6 Å². The molecule has 88 valence electrons. The normalized spacial score (nSPS) is 29.8. The molecule has 2 saturated heterocycles. The smallest absolute Gasteiger partial charge is 0.140 e. The molecule has 1 N–H and O–H groups in total. The Kier molecular flexibility index (Phi) is 2.65. The van der Waals surface area contributed by atoms with E-state index in [1.165, 1.54) is 26.2 Å². The highest BCUT2D eigenvalue weighted by atomic mass is 15.3. The van der Waals surface area contributed by atoms with Crippen LogP contribution in [0.3, 0.4) is 0 Å². The predicted octanol–water partition coefficient (Wildman–Crippen LogP) is -0.0508. The molecule has 0 radical (unpaired) electrons. The van der Waals surface area contributed by atoms with Crippen molar-refractivity contribution in [3.8, 4) is 0 Å². The van der Waals surface area contributed by atoms with Crippen molar-refractivity contribution in [3.63, 3.8) is 0 Å². The van der Waals surface area contributed by atoms with Crippen LogP contribution < -0.4 is 5.32 Å². The standard InChI is InChI=1S/C11H19N5/c1-2-16-11(13-8-14-16)7-15-5-9-3-12-4-10(9)6-15/h8-10,12H,2-7H2,1H3/t9-,10+. The quantitative estimate of drug-likeness (QED) is 0.777. The first kappa shape index (κ1) is 10.2. The fourth-order valence-electron chi connectivity index (χ4n) is 2.96. The maximum absolute atomic E-state index is 4.34. The molecule has 2 atom stereocenters. The van der Waals surface area contributed by atoms with Crippen molar-refractivity contribution >= 4 is 0 Å². The number of fused-ring (bicyclic) bond motifs is 1. The Labute approximate surface area is 95.8 Å². The van der Waals surface area contributed by atoms with Crippen LogP contribution in [-0.2, 0) is 13.1 Å². The molecule has 0 unspecified atom stereocenters. The van der Waals surface area contributed by atoms with Gasteiger partial charge in [-0.2, -0.15) is 5.10 Å². The summed E-state index contributed by atoms with van der Waals surface area (Å²) in [6.07, 6.45) is 1.66. The van der Waals surface area contributed by atoms with Crippen LogP contribution in [0.25, 0.3) is 0 Å². The summed E-state index contributed by atoms with van der Waals surface area (Å²) in [5.41, 5.74) is 0. The van der Waals surface area contributed by atoms with E-state index < -0.39 is 0 Å². The molecule has 1 aromatic heterocycles. The molecule has 0 aromatic carbocycles. The lowest BCUT2D eigenvalue weighted by Crippen LogP contribution is -2.26. The van der Waals surface area contributed by atoms with E-state index in [9.17, 15) is 0 Å². The molecule has 5 nitrogen and oxygen atoms in total. The highest BCUT2D eigenvalue weighted by Crippen LogP contribution is 2.26. The molecule has 0 saturated carbocycles. The molecular weight excluding hydrogens is 202 g/mol. The fraction of sp³-hybridized carbons (Fsp3) is 0.818. The van der Waals surface area contributed by atoms with Crippen molar-refractivity contribution in [3.05, 3.63) is 12.2 Å². The zero-order valence-corrected chi connectivity index (χ0v) is 9.76. The maximum atomic E-state index is 4.34.